The van der Waals surface area contributed by atoms with Crippen molar-refractivity contribution in [1.29, 1.82) is 0 Å². The van der Waals surface area contributed by atoms with E-state index in [0.717, 1.165) is 41.7 Å². The molecule has 1 aliphatic heterocycles. The molecule has 0 saturated carbocycles. The molecule has 0 radical (unpaired) electrons. The van der Waals surface area contributed by atoms with E-state index in [0.29, 0.717) is 5.95 Å². The van der Waals surface area contributed by atoms with E-state index >= 15 is 0 Å². The normalized spacial score (nSPS) is 14.1. The molecular formula is C23H29N5OS. The molecule has 3 aromatic rings. The summed E-state index contributed by atoms with van der Waals surface area (Å²) in [4.78, 5) is 12.9. The summed E-state index contributed by atoms with van der Waals surface area (Å²) >= 11 is 1.74. The Balaban J connectivity index is 1.36. The first-order valence-electron chi connectivity index (χ1n) is 10.5. The number of thiophene rings is 1. The molecule has 4 rings (SSSR count). The number of nitrogens with zero attached hydrogens (tertiary/aromatic N) is 3. The van der Waals surface area contributed by atoms with Crippen molar-refractivity contribution in [3.05, 3.63) is 51.8 Å². The van der Waals surface area contributed by atoms with E-state index in [-0.39, 0.29) is 0 Å². The topological polar surface area (TPSA) is 62.3 Å². The minimum absolute atomic E-state index is 0.565. The fraction of sp³-hybridized carbons (Fsp3) is 0.391. The van der Waals surface area contributed by atoms with Gasteiger partial charge in [-0.1, -0.05) is 0 Å². The average Bonchev–Trinajstić information content (AvgIpc) is 3.37. The second-order valence-electron chi connectivity index (χ2n) is 7.73. The van der Waals surface area contributed by atoms with Crippen LogP contribution in [-0.2, 0) is 0 Å². The Morgan fingerprint density at radius 2 is 1.83 bits per heavy atom. The van der Waals surface area contributed by atoms with Crippen molar-refractivity contribution in [2.24, 2.45) is 0 Å². The number of likely N-dealkylation sites (tertiary alicyclic amines) is 1. The molecule has 6 nitrogen and oxygen atoms in total. The zero-order chi connectivity index (χ0) is 20.9. The molecule has 0 atom stereocenters. The number of ether oxygens (including phenoxy) is 1. The summed E-state index contributed by atoms with van der Waals surface area (Å²) < 4.78 is 5.88. The van der Waals surface area contributed by atoms with Gasteiger partial charge in [0, 0.05) is 34.2 Å². The fourth-order valence-corrected chi connectivity index (χ4v) is 4.27. The van der Waals surface area contributed by atoms with Crippen molar-refractivity contribution in [2.45, 2.75) is 33.6 Å². The summed E-state index contributed by atoms with van der Waals surface area (Å²) in [5.74, 6) is 2.26. The molecular weight excluding hydrogens is 394 g/mol. The molecule has 1 aliphatic rings. The number of hydrogen-bond donors (Lipinski definition) is 2. The highest BCUT2D eigenvalue weighted by Gasteiger charge is 2.11. The number of anilines is 4. The van der Waals surface area contributed by atoms with Crippen LogP contribution in [0.4, 0.5) is 23.1 Å². The predicted molar refractivity (Wildman–Crippen MR) is 125 cm³/mol. The molecule has 2 aromatic heterocycles. The minimum Gasteiger partial charge on any atom is -0.492 e. The SMILES string of the molecule is Cc1cnc(Nc2ccc(OCCN3CCCC3)cc2)nc1Nc1csc(C)c1C. The van der Waals surface area contributed by atoms with Crippen LogP contribution in [-0.4, -0.2) is 41.1 Å². The Labute approximate surface area is 182 Å². The van der Waals surface area contributed by atoms with Gasteiger partial charge in [-0.25, -0.2) is 4.98 Å². The van der Waals surface area contributed by atoms with Gasteiger partial charge in [0.25, 0.3) is 0 Å². The molecule has 0 spiro atoms. The lowest BCUT2D eigenvalue weighted by Crippen LogP contribution is -2.25. The first-order chi connectivity index (χ1) is 14.6. The number of nitrogens with one attached hydrogen (secondary N) is 2. The van der Waals surface area contributed by atoms with Gasteiger partial charge in [-0.2, -0.15) is 4.98 Å². The molecule has 2 N–H and O–H groups in total. The van der Waals surface area contributed by atoms with Gasteiger partial charge < -0.3 is 15.4 Å². The van der Waals surface area contributed by atoms with Gasteiger partial charge in [-0.05, 0) is 76.5 Å². The van der Waals surface area contributed by atoms with Gasteiger partial charge >= 0.3 is 0 Å². The van der Waals surface area contributed by atoms with E-state index in [1.807, 2.05) is 37.4 Å². The molecule has 1 fully saturated rings. The number of aromatic nitrogens is 2. The molecule has 0 bridgehead atoms. The zero-order valence-electron chi connectivity index (χ0n) is 17.9. The number of benzene rings is 1. The third-order valence-corrected chi connectivity index (χ3v) is 6.51. The molecule has 30 heavy (non-hydrogen) atoms. The van der Waals surface area contributed by atoms with Gasteiger partial charge in [0.2, 0.25) is 5.95 Å². The van der Waals surface area contributed by atoms with E-state index in [1.165, 1.54) is 36.4 Å². The Hall–Kier alpha value is -2.64. The van der Waals surface area contributed by atoms with Gasteiger partial charge in [-0.15, -0.1) is 11.3 Å². The van der Waals surface area contributed by atoms with E-state index in [9.17, 15) is 0 Å². The largest absolute Gasteiger partial charge is 0.492 e. The minimum atomic E-state index is 0.565. The first kappa shape index (κ1) is 20.6. The Bertz CT molecular complexity index is 980. The van der Waals surface area contributed by atoms with Crippen LogP contribution >= 0.6 is 11.3 Å². The highest BCUT2D eigenvalue weighted by atomic mass is 32.1. The van der Waals surface area contributed by atoms with Gasteiger partial charge in [0.1, 0.15) is 18.2 Å². The quantitative estimate of drug-likeness (QED) is 0.504. The van der Waals surface area contributed by atoms with Crippen LogP contribution < -0.4 is 15.4 Å². The van der Waals surface area contributed by atoms with Crippen molar-refractivity contribution < 1.29 is 4.74 Å². The van der Waals surface area contributed by atoms with Crippen LogP contribution in [0.5, 0.6) is 5.75 Å². The number of rotatable bonds is 8. The predicted octanol–water partition coefficient (Wildman–Crippen LogP) is 5.43. The summed E-state index contributed by atoms with van der Waals surface area (Å²) in [5, 5.41) is 8.85. The van der Waals surface area contributed by atoms with Crippen molar-refractivity contribution >= 4 is 34.5 Å². The first-order valence-corrected chi connectivity index (χ1v) is 11.3. The highest BCUT2D eigenvalue weighted by Crippen LogP contribution is 2.29. The third-order valence-electron chi connectivity index (χ3n) is 5.50. The molecule has 0 amide bonds. The van der Waals surface area contributed by atoms with Crippen LogP contribution in [0, 0.1) is 20.8 Å². The number of aryl methyl sites for hydroxylation is 2. The van der Waals surface area contributed by atoms with E-state index in [4.69, 9.17) is 4.74 Å². The van der Waals surface area contributed by atoms with Crippen LogP contribution in [0.2, 0.25) is 0 Å². The lowest BCUT2D eigenvalue weighted by atomic mass is 10.2. The molecule has 0 aliphatic carbocycles. The maximum absolute atomic E-state index is 5.88. The fourth-order valence-electron chi connectivity index (χ4n) is 3.46. The third kappa shape index (κ3) is 5.09. The van der Waals surface area contributed by atoms with E-state index in [2.05, 4.69) is 44.7 Å². The van der Waals surface area contributed by atoms with Crippen LogP contribution in [0.15, 0.2) is 35.8 Å². The monoisotopic (exact) mass is 423 g/mol. The maximum Gasteiger partial charge on any atom is 0.229 e. The zero-order valence-corrected chi connectivity index (χ0v) is 18.7. The van der Waals surface area contributed by atoms with Crippen molar-refractivity contribution in [3.8, 4) is 5.75 Å². The molecule has 1 aromatic carbocycles. The maximum atomic E-state index is 5.88. The second-order valence-corrected chi connectivity index (χ2v) is 8.81. The van der Waals surface area contributed by atoms with Gasteiger partial charge in [0.05, 0.1) is 5.69 Å². The lowest BCUT2D eigenvalue weighted by Gasteiger charge is -2.15. The van der Waals surface area contributed by atoms with Gasteiger partial charge in [0.15, 0.2) is 0 Å². The van der Waals surface area contributed by atoms with E-state index < -0.39 is 0 Å². The summed E-state index contributed by atoms with van der Waals surface area (Å²) in [6, 6.07) is 7.95. The second kappa shape index (κ2) is 9.45. The Kier molecular flexibility index (Phi) is 6.50. The number of hydrogen-bond acceptors (Lipinski definition) is 7. The Morgan fingerprint density at radius 3 is 2.53 bits per heavy atom. The lowest BCUT2D eigenvalue weighted by molar-refractivity contribution is 0.238. The molecule has 1 saturated heterocycles. The molecule has 7 heteroatoms. The summed E-state index contributed by atoms with van der Waals surface area (Å²) in [6.45, 7) is 10.4. The highest BCUT2D eigenvalue weighted by molar-refractivity contribution is 7.10. The molecule has 0 unspecified atom stereocenters. The van der Waals surface area contributed by atoms with Crippen molar-refractivity contribution in [1.82, 2.24) is 14.9 Å². The van der Waals surface area contributed by atoms with Crippen LogP contribution in [0.1, 0.15) is 28.8 Å². The van der Waals surface area contributed by atoms with Crippen LogP contribution in [0.3, 0.4) is 0 Å². The van der Waals surface area contributed by atoms with Crippen LogP contribution in [0.25, 0.3) is 0 Å². The summed E-state index contributed by atoms with van der Waals surface area (Å²) in [6.07, 6.45) is 4.46. The standard InChI is InChI=1S/C23H29N5OS/c1-16-14-24-23(27-22(16)26-21-15-30-18(3)17(21)2)25-19-6-8-20(9-7-19)29-13-12-28-10-4-5-11-28/h6-9,14-15H,4-5,10-13H2,1-3H3,(H2,24,25,26,27). The smallest absolute Gasteiger partial charge is 0.229 e. The summed E-state index contributed by atoms with van der Waals surface area (Å²) in [7, 11) is 0. The van der Waals surface area contributed by atoms with Crippen molar-refractivity contribution in [3.63, 3.8) is 0 Å². The molecule has 158 valence electrons. The molecule has 3 heterocycles. The Morgan fingerprint density at radius 1 is 1.07 bits per heavy atom. The van der Waals surface area contributed by atoms with E-state index in [1.54, 1.807) is 11.3 Å². The summed E-state index contributed by atoms with van der Waals surface area (Å²) in [5.41, 5.74) is 4.29. The average molecular weight is 424 g/mol. The van der Waals surface area contributed by atoms with Gasteiger partial charge in [-0.3, -0.25) is 4.90 Å². The van der Waals surface area contributed by atoms with Crippen molar-refractivity contribution in [2.75, 3.05) is 36.9 Å².